The largest absolute Gasteiger partial charge is 0.493 e. The zero-order chi connectivity index (χ0) is 42.9. The summed E-state index contributed by atoms with van der Waals surface area (Å²) in [6.07, 6.45) is -1.83. The number of nitrogens with zero attached hydrogens (tertiary/aromatic N) is 6. The van der Waals surface area contributed by atoms with E-state index < -0.39 is 29.7 Å². The number of carbonyl (C=O) groups is 2. The van der Waals surface area contributed by atoms with Crippen LogP contribution in [-0.4, -0.2) is 78.0 Å². The molecule has 21 heteroatoms. The van der Waals surface area contributed by atoms with E-state index in [1.165, 1.54) is 41.9 Å². The molecule has 0 aliphatic carbocycles. The minimum atomic E-state index is -4.59. The van der Waals surface area contributed by atoms with Crippen LogP contribution < -0.4 is 19.3 Å². The van der Waals surface area contributed by atoms with E-state index in [0.717, 1.165) is 29.2 Å². The van der Waals surface area contributed by atoms with E-state index in [0.29, 0.717) is 91.0 Å². The van der Waals surface area contributed by atoms with Crippen LogP contribution in [0.2, 0.25) is 0 Å². The summed E-state index contributed by atoms with van der Waals surface area (Å²) in [7, 11) is 3.67. The van der Waals surface area contributed by atoms with Crippen LogP contribution in [0.1, 0.15) is 81.4 Å². The average Bonchev–Trinajstić information content (AvgIpc) is 4.02. The van der Waals surface area contributed by atoms with Gasteiger partial charge in [-0.15, -0.1) is 0 Å². The van der Waals surface area contributed by atoms with Gasteiger partial charge >= 0.3 is 18.3 Å². The first-order chi connectivity index (χ1) is 28.1. The molecule has 2 aromatic carbocycles. The molecule has 4 heterocycles. The first-order valence-electron chi connectivity index (χ1n) is 18.3. The second kappa shape index (κ2) is 19.5. The molecular weight excluding hydrogens is 831 g/mol. The molecule has 4 aromatic heterocycles. The van der Waals surface area contributed by atoms with Crippen molar-refractivity contribution in [3.8, 4) is 11.5 Å². The summed E-state index contributed by atoms with van der Waals surface area (Å²) in [5.74, 6) is -0.0425. The van der Waals surface area contributed by atoms with Crippen molar-refractivity contribution in [1.82, 2.24) is 20.3 Å². The van der Waals surface area contributed by atoms with Gasteiger partial charge in [0.25, 0.3) is 0 Å². The SMILES string of the molecule is CCCc1c(OCCCN(C)c2ncc(C(=O)O)s2)ccc2c(C(F)(F)F)noc12.CCCc1c(OCCCN(C)c2ncc(C=O)s2)ccc2c(C(F)(F)F)noc12. The van der Waals surface area contributed by atoms with Crippen molar-refractivity contribution in [3.05, 3.63) is 68.9 Å². The highest BCUT2D eigenvalue weighted by atomic mass is 32.1. The molecule has 0 fully saturated rings. The molecule has 0 aliphatic heterocycles. The van der Waals surface area contributed by atoms with E-state index in [1.54, 1.807) is 13.1 Å². The van der Waals surface area contributed by atoms with E-state index in [9.17, 15) is 35.9 Å². The predicted octanol–water partition coefficient (Wildman–Crippen LogP) is 9.83. The number of alkyl halides is 6. The van der Waals surface area contributed by atoms with Crippen LogP contribution in [0, 0.1) is 0 Å². The zero-order valence-corrected chi connectivity index (χ0v) is 33.9. The maximum atomic E-state index is 13.1. The van der Waals surface area contributed by atoms with Crippen molar-refractivity contribution in [2.24, 2.45) is 0 Å². The van der Waals surface area contributed by atoms with Crippen molar-refractivity contribution in [3.63, 3.8) is 0 Å². The molecular formula is C38H40F6N6O7S2. The molecule has 13 nitrogen and oxygen atoms in total. The number of halogens is 6. The van der Waals surface area contributed by atoms with Crippen molar-refractivity contribution < 1.29 is 59.6 Å². The van der Waals surface area contributed by atoms with Gasteiger partial charge in [0, 0.05) is 38.3 Å². The molecule has 0 unspecified atom stereocenters. The molecule has 0 saturated carbocycles. The number of aromatic carboxylic acids is 1. The van der Waals surface area contributed by atoms with Crippen molar-refractivity contribution in [2.45, 2.75) is 64.7 Å². The summed E-state index contributed by atoms with van der Waals surface area (Å²) < 4.78 is 100. The van der Waals surface area contributed by atoms with Crippen LogP contribution in [0.5, 0.6) is 11.5 Å². The van der Waals surface area contributed by atoms with E-state index in [-0.39, 0.29) is 26.8 Å². The fourth-order valence-corrected chi connectivity index (χ4v) is 7.40. The fourth-order valence-electron chi connectivity index (χ4n) is 5.94. The number of carbonyl (C=O) groups excluding carboxylic acids is 1. The van der Waals surface area contributed by atoms with Gasteiger partial charge in [0.15, 0.2) is 39.1 Å². The lowest BCUT2D eigenvalue weighted by Crippen LogP contribution is -2.20. The number of hydrogen-bond donors (Lipinski definition) is 1. The molecule has 0 radical (unpaired) electrons. The minimum absolute atomic E-state index is 0.0530. The number of carboxylic acids is 1. The molecule has 0 amide bonds. The fraction of sp³-hybridized carbons (Fsp3) is 0.421. The first-order valence-corrected chi connectivity index (χ1v) is 19.9. The molecule has 0 aliphatic rings. The number of thiazole rings is 2. The Morgan fingerprint density at radius 1 is 0.763 bits per heavy atom. The molecule has 318 valence electrons. The summed E-state index contributed by atoms with van der Waals surface area (Å²) in [5, 5.41) is 16.6. The van der Waals surface area contributed by atoms with Gasteiger partial charge in [-0.3, -0.25) is 4.79 Å². The summed E-state index contributed by atoms with van der Waals surface area (Å²) in [4.78, 5) is 34.4. The number of fused-ring (bicyclic) bond motifs is 2. The normalized spacial score (nSPS) is 11.8. The molecule has 0 saturated heterocycles. The monoisotopic (exact) mass is 870 g/mol. The van der Waals surface area contributed by atoms with Crippen LogP contribution in [-0.2, 0) is 25.2 Å². The summed E-state index contributed by atoms with van der Waals surface area (Å²) in [6, 6.07) is 5.72. The Kier molecular flexibility index (Phi) is 14.8. The van der Waals surface area contributed by atoms with E-state index >= 15 is 0 Å². The second-order valence-corrected chi connectivity index (χ2v) is 15.2. The molecule has 6 rings (SSSR count). The summed E-state index contributed by atoms with van der Waals surface area (Å²) in [5.41, 5.74) is -0.668. The van der Waals surface area contributed by atoms with Gasteiger partial charge in [-0.25, -0.2) is 14.8 Å². The average molecular weight is 871 g/mol. The third kappa shape index (κ3) is 11.0. The molecule has 6 aromatic rings. The number of carboxylic acid groups (broad SMARTS) is 1. The number of aryl methyl sites for hydroxylation is 2. The highest BCUT2D eigenvalue weighted by molar-refractivity contribution is 7.17. The number of benzene rings is 2. The lowest BCUT2D eigenvalue weighted by atomic mass is 10.0. The Labute approximate surface area is 341 Å². The van der Waals surface area contributed by atoms with Crippen LogP contribution in [0.25, 0.3) is 21.9 Å². The van der Waals surface area contributed by atoms with E-state index in [2.05, 4.69) is 20.3 Å². The molecule has 0 atom stereocenters. The molecule has 59 heavy (non-hydrogen) atoms. The van der Waals surface area contributed by atoms with Crippen LogP contribution in [0.4, 0.5) is 36.6 Å². The standard InChI is InChI=1S/C19H20F3N3O4S.C19H20F3N3O3S/c1-3-5-11-13(7-6-12-15(11)29-24-16(12)19(20,21)22)28-9-4-8-25(2)18-23-10-14(30-18)17(26)27;1-3-5-13-15(7-6-14-16(13)28-24-17(14)19(20,21)22)27-9-4-8-25(2)18-23-10-12(11-26)29-18/h6-7,10H,3-5,8-9H2,1-2H3,(H,26,27);6-7,10-11H,3-5,8-9H2,1-2H3. The van der Waals surface area contributed by atoms with Crippen molar-refractivity contribution in [2.75, 3.05) is 50.2 Å². The second-order valence-electron chi connectivity index (χ2n) is 13.1. The number of aromatic nitrogens is 4. The predicted molar refractivity (Wildman–Crippen MR) is 209 cm³/mol. The minimum Gasteiger partial charge on any atom is -0.493 e. The molecule has 0 spiro atoms. The van der Waals surface area contributed by atoms with Crippen molar-refractivity contribution >= 4 is 67.1 Å². The third-order valence-corrected chi connectivity index (χ3v) is 10.9. The highest BCUT2D eigenvalue weighted by Crippen LogP contribution is 2.40. The van der Waals surface area contributed by atoms with Gasteiger partial charge in [0.05, 0.1) is 41.3 Å². The Balaban J connectivity index is 0.000000224. The number of rotatable bonds is 18. The number of aldehydes is 1. The highest BCUT2D eigenvalue weighted by Gasteiger charge is 2.39. The lowest BCUT2D eigenvalue weighted by molar-refractivity contribution is -0.142. The first kappa shape index (κ1) is 44.7. The number of ether oxygens (including phenoxy) is 2. The van der Waals surface area contributed by atoms with Gasteiger partial charge in [-0.1, -0.05) is 59.7 Å². The maximum Gasteiger partial charge on any atom is 0.437 e. The number of anilines is 2. The molecule has 1 N–H and O–H groups in total. The van der Waals surface area contributed by atoms with Crippen molar-refractivity contribution in [1.29, 1.82) is 0 Å². The Morgan fingerprint density at radius 3 is 1.61 bits per heavy atom. The van der Waals surface area contributed by atoms with E-state index in [4.69, 9.17) is 23.6 Å². The Hall–Kier alpha value is -5.44. The zero-order valence-electron chi connectivity index (χ0n) is 32.3. The van der Waals surface area contributed by atoms with Gasteiger partial charge in [0.1, 0.15) is 16.4 Å². The van der Waals surface area contributed by atoms with Gasteiger partial charge in [-0.05, 0) is 49.9 Å². The topological polar surface area (TPSA) is 157 Å². The Morgan fingerprint density at radius 2 is 1.22 bits per heavy atom. The van der Waals surface area contributed by atoms with Crippen LogP contribution in [0.15, 0.2) is 45.7 Å². The molecule has 0 bridgehead atoms. The smallest absolute Gasteiger partial charge is 0.437 e. The van der Waals surface area contributed by atoms with E-state index in [1.807, 2.05) is 30.7 Å². The summed E-state index contributed by atoms with van der Waals surface area (Å²) >= 11 is 2.39. The maximum absolute atomic E-state index is 13.1. The lowest BCUT2D eigenvalue weighted by Gasteiger charge is -2.16. The quantitative estimate of drug-likeness (QED) is 0.0495. The van der Waals surface area contributed by atoms with Gasteiger partial charge < -0.3 is 33.4 Å². The van der Waals surface area contributed by atoms with Crippen LogP contribution >= 0.6 is 22.7 Å². The van der Waals surface area contributed by atoms with Crippen LogP contribution in [0.3, 0.4) is 0 Å². The number of hydrogen-bond acceptors (Lipinski definition) is 14. The third-order valence-electron chi connectivity index (χ3n) is 8.71. The van der Waals surface area contributed by atoms with Gasteiger partial charge in [-0.2, -0.15) is 26.3 Å². The Bertz CT molecular complexity index is 2340. The summed E-state index contributed by atoms with van der Waals surface area (Å²) in [6.45, 7) is 5.76. The van der Waals surface area contributed by atoms with Gasteiger partial charge in [0.2, 0.25) is 0 Å².